The Hall–Kier alpha value is -0.390. The fourth-order valence-electron chi connectivity index (χ4n) is 1.82. The molecule has 3 nitrogen and oxygen atoms in total. The molecule has 106 valence electrons. The molecule has 1 aliphatic heterocycles. The van der Waals surface area contributed by atoms with E-state index in [1.807, 2.05) is 0 Å². The molecule has 18 heavy (non-hydrogen) atoms. The fourth-order valence-corrected chi connectivity index (χ4v) is 2.40. The van der Waals surface area contributed by atoms with Crippen LogP contribution in [0.25, 0.3) is 0 Å². The summed E-state index contributed by atoms with van der Waals surface area (Å²) in [4.78, 5) is 13.2. The van der Waals surface area contributed by atoms with Crippen molar-refractivity contribution in [1.82, 2.24) is 4.90 Å². The number of amides is 1. The summed E-state index contributed by atoms with van der Waals surface area (Å²) in [6.07, 6.45) is -0.848. The molecule has 1 unspecified atom stereocenters. The number of nitrogens with zero attached hydrogens (tertiary/aromatic N) is 1. The third kappa shape index (κ3) is 3.33. The van der Waals surface area contributed by atoms with Gasteiger partial charge in [-0.2, -0.15) is 0 Å². The maximum atomic E-state index is 13.8. The van der Waals surface area contributed by atoms with Gasteiger partial charge in [-0.3, -0.25) is 0 Å². The van der Waals surface area contributed by atoms with E-state index in [0.29, 0.717) is 0 Å². The first-order valence-electron chi connectivity index (χ1n) is 5.92. The van der Waals surface area contributed by atoms with Gasteiger partial charge in [0.25, 0.3) is 5.92 Å². The summed E-state index contributed by atoms with van der Waals surface area (Å²) in [6, 6.07) is 0. The minimum absolute atomic E-state index is 0.000162. The van der Waals surface area contributed by atoms with Crippen LogP contribution in [0.5, 0.6) is 0 Å². The molecule has 1 rings (SSSR count). The predicted octanol–water partition coefficient (Wildman–Crippen LogP) is 3.66. The van der Waals surface area contributed by atoms with E-state index >= 15 is 0 Å². The van der Waals surface area contributed by atoms with Crippen LogP contribution in [0, 0.1) is 5.41 Å². The van der Waals surface area contributed by atoms with E-state index in [0.717, 1.165) is 0 Å². The summed E-state index contributed by atoms with van der Waals surface area (Å²) in [5.74, 6) is -2.77. The van der Waals surface area contributed by atoms with Gasteiger partial charge in [-0.1, -0.05) is 22.9 Å². The fraction of sp³-hybridized carbons (Fsp3) is 0.917. The van der Waals surface area contributed by atoms with Gasteiger partial charge in [0.2, 0.25) is 0 Å². The molecular weight excluding hydrogens is 308 g/mol. The summed E-state index contributed by atoms with van der Waals surface area (Å²) in [5.41, 5.74) is -1.86. The molecule has 0 radical (unpaired) electrons. The van der Waals surface area contributed by atoms with Crippen LogP contribution < -0.4 is 0 Å². The molecule has 1 fully saturated rings. The van der Waals surface area contributed by atoms with Gasteiger partial charge in [-0.15, -0.1) is 0 Å². The van der Waals surface area contributed by atoms with Crippen molar-refractivity contribution in [3.63, 3.8) is 0 Å². The number of hydrogen-bond donors (Lipinski definition) is 0. The number of hydrogen-bond acceptors (Lipinski definition) is 2. The molecule has 0 bridgehead atoms. The Labute approximate surface area is 115 Å². The second-order valence-electron chi connectivity index (χ2n) is 6.05. The maximum Gasteiger partial charge on any atom is 0.410 e. The van der Waals surface area contributed by atoms with Crippen molar-refractivity contribution < 1.29 is 18.3 Å². The molecule has 0 aromatic heterocycles. The summed E-state index contributed by atoms with van der Waals surface area (Å²) < 4.78 is 32.8. The first-order valence-corrected chi connectivity index (χ1v) is 7.05. The lowest BCUT2D eigenvalue weighted by atomic mass is 9.80. The van der Waals surface area contributed by atoms with Crippen molar-refractivity contribution in [2.24, 2.45) is 5.41 Å². The van der Waals surface area contributed by atoms with Crippen LogP contribution in [0.3, 0.4) is 0 Å². The number of halogens is 3. The number of piperidine rings is 1. The van der Waals surface area contributed by atoms with Gasteiger partial charge in [0.15, 0.2) is 0 Å². The van der Waals surface area contributed by atoms with Crippen molar-refractivity contribution in [3.05, 3.63) is 0 Å². The van der Waals surface area contributed by atoms with Gasteiger partial charge < -0.3 is 9.64 Å². The van der Waals surface area contributed by atoms with E-state index in [1.165, 1.54) is 11.8 Å². The Bertz CT molecular complexity index is 331. The molecule has 1 heterocycles. The molecule has 1 saturated heterocycles. The molecule has 6 heteroatoms. The number of ether oxygens (including phenoxy) is 1. The average molecular weight is 328 g/mol. The largest absolute Gasteiger partial charge is 0.444 e. The molecule has 0 aliphatic carbocycles. The van der Waals surface area contributed by atoms with Crippen LogP contribution in [-0.4, -0.2) is 40.9 Å². The molecule has 1 aliphatic rings. The van der Waals surface area contributed by atoms with Gasteiger partial charge in [-0.05, 0) is 20.8 Å². The van der Waals surface area contributed by atoms with Crippen molar-refractivity contribution in [3.8, 4) is 0 Å². The van der Waals surface area contributed by atoms with E-state index in [1.54, 1.807) is 20.8 Å². The van der Waals surface area contributed by atoms with Crippen molar-refractivity contribution in [2.75, 3.05) is 18.4 Å². The standard InChI is InChI=1S/C12H20BrF2NO2/c1-10(2,3)18-9(17)16-6-5-12(14,15)11(4,7-13)8-16/h5-8H2,1-4H3. The lowest BCUT2D eigenvalue weighted by molar-refractivity contribution is -0.145. The zero-order valence-electron chi connectivity index (χ0n) is 11.2. The highest BCUT2D eigenvalue weighted by Crippen LogP contribution is 2.44. The Morgan fingerprint density at radius 1 is 1.44 bits per heavy atom. The first-order chi connectivity index (χ1) is 8.01. The molecule has 1 amide bonds. The average Bonchev–Trinajstić information content (AvgIpc) is 2.19. The van der Waals surface area contributed by atoms with E-state index in [-0.39, 0.29) is 24.8 Å². The highest BCUT2D eigenvalue weighted by atomic mass is 79.9. The smallest absolute Gasteiger partial charge is 0.410 e. The van der Waals surface area contributed by atoms with Crippen LogP contribution in [0.2, 0.25) is 0 Å². The molecule has 0 aromatic rings. The van der Waals surface area contributed by atoms with Crippen molar-refractivity contribution in [2.45, 2.75) is 45.6 Å². The molecular formula is C12H20BrF2NO2. The van der Waals surface area contributed by atoms with Crippen LogP contribution in [0.4, 0.5) is 13.6 Å². The maximum absolute atomic E-state index is 13.8. The van der Waals surface area contributed by atoms with Gasteiger partial charge in [0.1, 0.15) is 5.60 Å². The summed E-state index contributed by atoms with van der Waals surface area (Å²) >= 11 is 3.12. The van der Waals surface area contributed by atoms with Crippen molar-refractivity contribution in [1.29, 1.82) is 0 Å². The number of carbonyl (C=O) groups is 1. The first kappa shape index (κ1) is 15.7. The molecule has 0 saturated carbocycles. The third-order valence-corrected chi connectivity index (χ3v) is 4.30. The molecule has 0 spiro atoms. The van der Waals surface area contributed by atoms with Crippen LogP contribution >= 0.6 is 15.9 Å². The highest BCUT2D eigenvalue weighted by Gasteiger charge is 2.54. The highest BCUT2D eigenvalue weighted by molar-refractivity contribution is 9.09. The van der Waals surface area contributed by atoms with Gasteiger partial charge in [0.05, 0.1) is 5.41 Å². The Morgan fingerprint density at radius 2 is 2.00 bits per heavy atom. The predicted molar refractivity (Wildman–Crippen MR) is 69.3 cm³/mol. The number of carbonyl (C=O) groups excluding carboxylic acids is 1. The summed E-state index contributed by atoms with van der Waals surface area (Å²) in [7, 11) is 0. The van der Waals surface area contributed by atoms with E-state index < -0.39 is 23.0 Å². The zero-order chi connectivity index (χ0) is 14.2. The van der Waals surface area contributed by atoms with Crippen LogP contribution in [0.15, 0.2) is 0 Å². The normalized spacial score (nSPS) is 28.1. The van der Waals surface area contributed by atoms with Crippen LogP contribution in [-0.2, 0) is 4.74 Å². The zero-order valence-corrected chi connectivity index (χ0v) is 12.8. The Balaban J connectivity index is 2.76. The summed E-state index contributed by atoms with van der Waals surface area (Å²) in [6.45, 7) is 6.79. The molecule has 1 atom stereocenters. The second kappa shape index (κ2) is 4.94. The topological polar surface area (TPSA) is 29.5 Å². The SMILES string of the molecule is CC(C)(C)OC(=O)N1CCC(F)(F)C(C)(CBr)C1. The van der Waals surface area contributed by atoms with Gasteiger partial charge in [-0.25, -0.2) is 13.6 Å². The Morgan fingerprint density at radius 3 is 2.44 bits per heavy atom. The second-order valence-corrected chi connectivity index (χ2v) is 6.61. The minimum atomic E-state index is -2.77. The lowest BCUT2D eigenvalue weighted by Gasteiger charge is -2.45. The third-order valence-electron chi connectivity index (χ3n) is 3.07. The number of likely N-dealkylation sites (tertiary alicyclic amines) is 1. The monoisotopic (exact) mass is 327 g/mol. The van der Waals surface area contributed by atoms with Gasteiger partial charge in [0, 0.05) is 24.8 Å². The Kier molecular flexibility index (Phi) is 4.30. The molecule has 0 N–H and O–H groups in total. The minimum Gasteiger partial charge on any atom is -0.444 e. The lowest BCUT2D eigenvalue weighted by Crippen LogP contribution is -2.57. The summed E-state index contributed by atoms with van der Waals surface area (Å²) in [5, 5.41) is 0.145. The molecule has 0 aromatic carbocycles. The van der Waals surface area contributed by atoms with Crippen molar-refractivity contribution >= 4 is 22.0 Å². The van der Waals surface area contributed by atoms with E-state index in [2.05, 4.69) is 15.9 Å². The quantitative estimate of drug-likeness (QED) is 0.688. The number of alkyl halides is 3. The van der Waals surface area contributed by atoms with Gasteiger partial charge >= 0.3 is 6.09 Å². The van der Waals surface area contributed by atoms with Crippen LogP contribution in [0.1, 0.15) is 34.1 Å². The van der Waals surface area contributed by atoms with E-state index in [9.17, 15) is 13.6 Å². The number of rotatable bonds is 1. The van der Waals surface area contributed by atoms with E-state index in [4.69, 9.17) is 4.74 Å².